The zero-order chi connectivity index (χ0) is 16.8. The minimum Gasteiger partial charge on any atom is -0.361 e. The van der Waals surface area contributed by atoms with Gasteiger partial charge >= 0.3 is 0 Å². The van der Waals surface area contributed by atoms with Crippen LogP contribution in [0.2, 0.25) is 0 Å². The van der Waals surface area contributed by atoms with E-state index in [4.69, 9.17) is 0 Å². The number of H-pyrrole nitrogens is 1. The van der Waals surface area contributed by atoms with E-state index in [1.807, 2.05) is 44.3 Å². The highest BCUT2D eigenvalue weighted by molar-refractivity contribution is 5.88. The summed E-state index contributed by atoms with van der Waals surface area (Å²) in [4.78, 5) is 27.2. The number of aromatic nitrogens is 1. The van der Waals surface area contributed by atoms with Crippen LogP contribution in [0.3, 0.4) is 0 Å². The van der Waals surface area contributed by atoms with Crippen molar-refractivity contribution in [3.63, 3.8) is 0 Å². The highest BCUT2D eigenvalue weighted by Gasteiger charge is 2.17. The molecule has 1 heterocycles. The van der Waals surface area contributed by atoms with Crippen LogP contribution < -0.4 is 10.6 Å². The molecule has 2 rings (SSSR count). The monoisotopic (exact) mass is 315 g/mol. The third kappa shape index (κ3) is 4.58. The molecule has 0 aliphatic carbocycles. The Bertz CT molecular complexity index is 678. The molecule has 3 N–H and O–H groups in total. The van der Waals surface area contributed by atoms with Gasteiger partial charge in [-0.15, -0.1) is 0 Å². The van der Waals surface area contributed by atoms with E-state index in [2.05, 4.69) is 15.6 Å². The van der Waals surface area contributed by atoms with Crippen LogP contribution in [0.4, 0.5) is 0 Å². The summed E-state index contributed by atoms with van der Waals surface area (Å²) in [6, 6.07) is 7.63. The summed E-state index contributed by atoms with van der Waals surface area (Å²) in [6.45, 7) is 5.67. The van der Waals surface area contributed by atoms with Gasteiger partial charge in [0.2, 0.25) is 11.8 Å². The zero-order valence-electron chi connectivity index (χ0n) is 14.0. The molecular weight excluding hydrogens is 290 g/mol. The van der Waals surface area contributed by atoms with Crippen LogP contribution in [0.25, 0.3) is 10.9 Å². The normalized spacial score (nSPS) is 13.5. The fraction of sp³-hybridized carbons (Fsp3) is 0.444. The zero-order valence-corrected chi connectivity index (χ0v) is 14.0. The number of nitrogens with one attached hydrogen (secondary N) is 3. The van der Waals surface area contributed by atoms with E-state index in [0.29, 0.717) is 12.8 Å². The summed E-state index contributed by atoms with van der Waals surface area (Å²) in [6.07, 6.45) is 3.82. The summed E-state index contributed by atoms with van der Waals surface area (Å²) >= 11 is 0. The molecule has 2 aromatic rings. The van der Waals surface area contributed by atoms with E-state index < -0.39 is 6.04 Å². The van der Waals surface area contributed by atoms with Gasteiger partial charge in [0, 0.05) is 29.6 Å². The van der Waals surface area contributed by atoms with E-state index >= 15 is 0 Å². The van der Waals surface area contributed by atoms with Gasteiger partial charge in [0.25, 0.3) is 0 Å². The number of carbonyl (C=O) groups is 2. The second kappa shape index (κ2) is 7.81. The Morgan fingerprint density at radius 1 is 1.17 bits per heavy atom. The van der Waals surface area contributed by atoms with Crippen molar-refractivity contribution in [2.24, 2.45) is 0 Å². The first-order valence-corrected chi connectivity index (χ1v) is 8.16. The van der Waals surface area contributed by atoms with Gasteiger partial charge < -0.3 is 15.6 Å². The molecule has 1 aromatic heterocycles. The molecule has 0 bridgehead atoms. The lowest BCUT2D eigenvalue weighted by atomic mass is 10.1. The summed E-state index contributed by atoms with van der Waals surface area (Å²) in [5, 5.41) is 6.77. The SMILES string of the molecule is CC[C@@H](C)NC(=O)[C@@H](C)NC(=O)CCc1c[nH]c2ccccc12. The van der Waals surface area contributed by atoms with Crippen molar-refractivity contribution in [2.45, 2.75) is 52.1 Å². The molecule has 0 fully saturated rings. The maximum absolute atomic E-state index is 12.0. The first kappa shape index (κ1) is 17.1. The molecule has 2 atom stereocenters. The molecule has 0 spiro atoms. The van der Waals surface area contributed by atoms with E-state index in [9.17, 15) is 9.59 Å². The van der Waals surface area contributed by atoms with Gasteiger partial charge in [0.1, 0.15) is 6.04 Å². The molecule has 2 amide bonds. The van der Waals surface area contributed by atoms with Crippen LogP contribution >= 0.6 is 0 Å². The molecule has 5 nitrogen and oxygen atoms in total. The van der Waals surface area contributed by atoms with Crippen molar-refractivity contribution >= 4 is 22.7 Å². The van der Waals surface area contributed by atoms with Gasteiger partial charge in [0.15, 0.2) is 0 Å². The van der Waals surface area contributed by atoms with E-state index in [0.717, 1.165) is 22.9 Å². The second-order valence-electron chi connectivity index (χ2n) is 5.97. The largest absolute Gasteiger partial charge is 0.361 e. The van der Waals surface area contributed by atoms with Crippen LogP contribution in [0.1, 0.15) is 39.2 Å². The van der Waals surface area contributed by atoms with Crippen molar-refractivity contribution in [3.05, 3.63) is 36.0 Å². The molecule has 0 saturated heterocycles. The van der Waals surface area contributed by atoms with Gasteiger partial charge in [-0.25, -0.2) is 0 Å². The van der Waals surface area contributed by atoms with Gasteiger partial charge in [-0.2, -0.15) is 0 Å². The Morgan fingerprint density at radius 2 is 1.91 bits per heavy atom. The fourth-order valence-electron chi connectivity index (χ4n) is 2.44. The number of rotatable bonds is 7. The van der Waals surface area contributed by atoms with Crippen LogP contribution in [0.5, 0.6) is 0 Å². The molecule has 0 saturated carbocycles. The lowest BCUT2D eigenvalue weighted by molar-refractivity contribution is -0.128. The number of aromatic amines is 1. The Hall–Kier alpha value is -2.30. The third-order valence-electron chi connectivity index (χ3n) is 4.07. The maximum atomic E-state index is 12.0. The Kier molecular flexibility index (Phi) is 5.79. The summed E-state index contributed by atoms with van der Waals surface area (Å²) in [5.74, 6) is -0.248. The highest BCUT2D eigenvalue weighted by atomic mass is 16.2. The van der Waals surface area contributed by atoms with Crippen molar-refractivity contribution in [1.29, 1.82) is 0 Å². The second-order valence-corrected chi connectivity index (χ2v) is 5.97. The predicted molar refractivity (Wildman–Crippen MR) is 92.1 cm³/mol. The van der Waals surface area contributed by atoms with Gasteiger partial charge in [-0.3, -0.25) is 9.59 Å². The summed E-state index contributed by atoms with van der Waals surface area (Å²) < 4.78 is 0. The molecule has 0 unspecified atom stereocenters. The van der Waals surface area contributed by atoms with Crippen LogP contribution in [-0.2, 0) is 16.0 Å². The van der Waals surface area contributed by atoms with Crippen molar-refractivity contribution in [3.8, 4) is 0 Å². The first-order chi connectivity index (χ1) is 11.0. The molecule has 23 heavy (non-hydrogen) atoms. The molecule has 124 valence electrons. The molecule has 0 aliphatic rings. The number of carbonyl (C=O) groups excluding carboxylic acids is 2. The number of amides is 2. The Balaban J connectivity index is 1.84. The minimum atomic E-state index is -0.514. The highest BCUT2D eigenvalue weighted by Crippen LogP contribution is 2.18. The van der Waals surface area contributed by atoms with Gasteiger partial charge in [-0.1, -0.05) is 25.1 Å². The number of hydrogen-bond acceptors (Lipinski definition) is 2. The summed E-state index contributed by atoms with van der Waals surface area (Å²) in [5.41, 5.74) is 2.19. The number of para-hydroxylation sites is 1. The number of benzene rings is 1. The number of aryl methyl sites for hydroxylation is 1. The Morgan fingerprint density at radius 3 is 2.65 bits per heavy atom. The standard InChI is InChI=1S/C18H25N3O2/c1-4-12(2)20-18(23)13(3)21-17(22)10-9-14-11-19-16-8-6-5-7-15(14)16/h5-8,11-13,19H,4,9-10H2,1-3H3,(H,20,23)(H,21,22)/t12-,13-/m1/s1. The predicted octanol–water partition coefficient (Wildman–Crippen LogP) is 2.52. The first-order valence-electron chi connectivity index (χ1n) is 8.16. The molecule has 0 radical (unpaired) electrons. The average Bonchev–Trinajstić information content (AvgIpc) is 2.95. The Labute approximate surface area is 136 Å². The maximum Gasteiger partial charge on any atom is 0.242 e. The third-order valence-corrected chi connectivity index (χ3v) is 4.07. The quantitative estimate of drug-likeness (QED) is 0.734. The smallest absolute Gasteiger partial charge is 0.242 e. The van der Waals surface area contributed by atoms with E-state index in [1.165, 1.54) is 0 Å². The minimum absolute atomic E-state index is 0.109. The van der Waals surface area contributed by atoms with E-state index in [1.54, 1.807) is 6.92 Å². The number of hydrogen-bond donors (Lipinski definition) is 3. The number of fused-ring (bicyclic) bond motifs is 1. The lowest BCUT2D eigenvalue weighted by Crippen LogP contribution is -2.47. The van der Waals surface area contributed by atoms with Crippen molar-refractivity contribution in [2.75, 3.05) is 0 Å². The molecule has 5 heteroatoms. The molecule has 0 aliphatic heterocycles. The average molecular weight is 315 g/mol. The van der Waals surface area contributed by atoms with Crippen LogP contribution in [-0.4, -0.2) is 28.9 Å². The fourth-order valence-corrected chi connectivity index (χ4v) is 2.44. The van der Waals surface area contributed by atoms with E-state index in [-0.39, 0.29) is 17.9 Å². The lowest BCUT2D eigenvalue weighted by Gasteiger charge is -2.17. The summed E-state index contributed by atoms with van der Waals surface area (Å²) in [7, 11) is 0. The van der Waals surface area contributed by atoms with Crippen molar-refractivity contribution < 1.29 is 9.59 Å². The van der Waals surface area contributed by atoms with Crippen LogP contribution in [0, 0.1) is 0 Å². The molecular formula is C18H25N3O2. The van der Waals surface area contributed by atoms with Crippen LogP contribution in [0.15, 0.2) is 30.5 Å². The molecule has 1 aromatic carbocycles. The van der Waals surface area contributed by atoms with Crippen molar-refractivity contribution in [1.82, 2.24) is 15.6 Å². The topological polar surface area (TPSA) is 74.0 Å². The van der Waals surface area contributed by atoms with Gasteiger partial charge in [-0.05, 0) is 38.3 Å². The van der Waals surface area contributed by atoms with Gasteiger partial charge in [0.05, 0.1) is 0 Å².